The number of fused-ring (bicyclic) bond motifs is 1. The SMILES string of the molecule is CC(=O)Nc1nc2ccc(-c3cccc(C(=O)NCCC(C)C)c3)cc2[nH]1. The minimum Gasteiger partial charge on any atom is -0.352 e. The van der Waals surface area contributed by atoms with Crippen molar-refractivity contribution in [2.24, 2.45) is 5.92 Å². The Labute approximate surface area is 158 Å². The molecule has 3 aromatic rings. The smallest absolute Gasteiger partial charge is 0.251 e. The van der Waals surface area contributed by atoms with Gasteiger partial charge in [0.1, 0.15) is 0 Å². The molecule has 2 aromatic carbocycles. The molecule has 0 fully saturated rings. The molecule has 0 bridgehead atoms. The van der Waals surface area contributed by atoms with Crippen LogP contribution in [0.4, 0.5) is 5.95 Å². The van der Waals surface area contributed by atoms with E-state index < -0.39 is 0 Å². The number of aromatic nitrogens is 2. The first-order chi connectivity index (χ1) is 12.9. The summed E-state index contributed by atoms with van der Waals surface area (Å²) in [6.45, 7) is 6.38. The summed E-state index contributed by atoms with van der Waals surface area (Å²) in [7, 11) is 0. The molecule has 0 saturated carbocycles. The maximum atomic E-state index is 12.4. The molecule has 0 atom stereocenters. The Kier molecular flexibility index (Phi) is 5.54. The number of benzene rings is 2. The first kappa shape index (κ1) is 18.6. The summed E-state index contributed by atoms with van der Waals surface area (Å²) in [4.78, 5) is 31.0. The Hall–Kier alpha value is -3.15. The molecular weight excluding hydrogens is 340 g/mol. The third-order valence-electron chi connectivity index (χ3n) is 4.24. The molecule has 0 spiro atoms. The number of hydrogen-bond acceptors (Lipinski definition) is 3. The fraction of sp³-hybridized carbons (Fsp3) is 0.286. The van der Waals surface area contributed by atoms with E-state index in [-0.39, 0.29) is 11.8 Å². The van der Waals surface area contributed by atoms with E-state index in [0.717, 1.165) is 28.6 Å². The molecule has 3 rings (SSSR count). The lowest BCUT2D eigenvalue weighted by Crippen LogP contribution is -2.25. The number of nitrogens with zero attached hydrogens (tertiary/aromatic N) is 1. The lowest BCUT2D eigenvalue weighted by Gasteiger charge is -2.09. The van der Waals surface area contributed by atoms with Crippen LogP contribution in [0.25, 0.3) is 22.2 Å². The topological polar surface area (TPSA) is 86.9 Å². The van der Waals surface area contributed by atoms with Crippen LogP contribution in [0.15, 0.2) is 42.5 Å². The Morgan fingerprint density at radius 3 is 2.63 bits per heavy atom. The van der Waals surface area contributed by atoms with Gasteiger partial charge in [0.05, 0.1) is 11.0 Å². The Bertz CT molecular complexity index is 975. The standard InChI is InChI=1S/C21H24N4O2/c1-13(2)9-10-22-20(27)17-6-4-5-15(11-17)16-7-8-18-19(12-16)25-21(24-18)23-14(3)26/h4-8,11-13H,9-10H2,1-3H3,(H,22,27)(H2,23,24,25,26). The maximum Gasteiger partial charge on any atom is 0.251 e. The highest BCUT2D eigenvalue weighted by Gasteiger charge is 2.09. The number of aromatic amines is 1. The van der Waals surface area contributed by atoms with Crippen molar-refractivity contribution in [3.8, 4) is 11.1 Å². The molecule has 0 unspecified atom stereocenters. The number of hydrogen-bond donors (Lipinski definition) is 3. The van der Waals surface area contributed by atoms with E-state index in [9.17, 15) is 9.59 Å². The van der Waals surface area contributed by atoms with Crippen LogP contribution in [0.5, 0.6) is 0 Å². The van der Waals surface area contributed by atoms with Crippen LogP contribution in [0.3, 0.4) is 0 Å². The van der Waals surface area contributed by atoms with Crippen molar-refractivity contribution in [2.45, 2.75) is 27.2 Å². The zero-order valence-electron chi connectivity index (χ0n) is 15.8. The number of amides is 2. The normalized spacial score (nSPS) is 11.0. The highest BCUT2D eigenvalue weighted by Crippen LogP contribution is 2.25. The molecule has 0 radical (unpaired) electrons. The zero-order chi connectivity index (χ0) is 19.4. The lowest BCUT2D eigenvalue weighted by atomic mass is 10.0. The number of carbonyl (C=O) groups is 2. The molecule has 0 saturated heterocycles. The number of anilines is 1. The van der Waals surface area contributed by atoms with E-state index in [1.54, 1.807) is 0 Å². The largest absolute Gasteiger partial charge is 0.352 e. The summed E-state index contributed by atoms with van der Waals surface area (Å²) in [5.74, 6) is 0.742. The highest BCUT2D eigenvalue weighted by molar-refractivity contribution is 5.96. The van der Waals surface area contributed by atoms with Gasteiger partial charge in [0, 0.05) is 19.0 Å². The van der Waals surface area contributed by atoms with Crippen LogP contribution in [0.1, 0.15) is 37.6 Å². The van der Waals surface area contributed by atoms with Crippen molar-refractivity contribution in [2.75, 3.05) is 11.9 Å². The number of carbonyl (C=O) groups excluding carboxylic acids is 2. The fourth-order valence-corrected chi connectivity index (χ4v) is 2.83. The van der Waals surface area contributed by atoms with Crippen LogP contribution in [0.2, 0.25) is 0 Å². The second kappa shape index (κ2) is 8.03. The van der Waals surface area contributed by atoms with E-state index in [1.165, 1.54) is 6.92 Å². The van der Waals surface area contributed by atoms with E-state index in [1.807, 2.05) is 42.5 Å². The Balaban J connectivity index is 1.81. The van der Waals surface area contributed by atoms with Gasteiger partial charge < -0.3 is 10.3 Å². The van der Waals surface area contributed by atoms with Crippen molar-refractivity contribution in [1.82, 2.24) is 15.3 Å². The quantitative estimate of drug-likeness (QED) is 0.619. The molecular formula is C21H24N4O2. The zero-order valence-corrected chi connectivity index (χ0v) is 15.8. The highest BCUT2D eigenvalue weighted by atomic mass is 16.2. The lowest BCUT2D eigenvalue weighted by molar-refractivity contribution is -0.114. The van der Waals surface area contributed by atoms with Gasteiger partial charge in [-0.25, -0.2) is 4.98 Å². The van der Waals surface area contributed by atoms with Gasteiger partial charge in [-0.1, -0.05) is 32.0 Å². The van der Waals surface area contributed by atoms with Gasteiger partial charge in [-0.05, 0) is 47.7 Å². The number of rotatable bonds is 6. The molecule has 27 heavy (non-hydrogen) atoms. The number of H-pyrrole nitrogens is 1. The minimum absolute atomic E-state index is 0.0620. The van der Waals surface area contributed by atoms with E-state index in [4.69, 9.17) is 0 Å². The predicted molar refractivity (Wildman–Crippen MR) is 108 cm³/mol. The van der Waals surface area contributed by atoms with Gasteiger partial charge in [0.15, 0.2) is 0 Å². The number of imidazole rings is 1. The summed E-state index contributed by atoms with van der Waals surface area (Å²) in [6, 6.07) is 13.4. The van der Waals surface area contributed by atoms with Crippen LogP contribution in [0, 0.1) is 5.92 Å². The van der Waals surface area contributed by atoms with E-state index >= 15 is 0 Å². The molecule has 2 amide bonds. The molecule has 1 aromatic heterocycles. The molecule has 6 heteroatoms. The molecule has 0 aliphatic rings. The van der Waals surface area contributed by atoms with Crippen molar-refractivity contribution in [1.29, 1.82) is 0 Å². The Morgan fingerprint density at radius 1 is 1.11 bits per heavy atom. The second-order valence-electron chi connectivity index (χ2n) is 7.02. The summed E-state index contributed by atoms with van der Waals surface area (Å²) >= 11 is 0. The monoisotopic (exact) mass is 364 g/mol. The minimum atomic E-state index is -0.176. The molecule has 140 valence electrons. The summed E-state index contributed by atoms with van der Waals surface area (Å²) < 4.78 is 0. The molecule has 3 N–H and O–H groups in total. The van der Waals surface area contributed by atoms with Gasteiger partial charge in [-0.2, -0.15) is 0 Å². The van der Waals surface area contributed by atoms with Crippen LogP contribution in [-0.4, -0.2) is 28.3 Å². The molecule has 0 aliphatic carbocycles. The van der Waals surface area contributed by atoms with E-state index in [0.29, 0.717) is 24.0 Å². The van der Waals surface area contributed by atoms with Gasteiger partial charge in [0.25, 0.3) is 5.91 Å². The van der Waals surface area contributed by atoms with E-state index in [2.05, 4.69) is 34.4 Å². The molecule has 0 aliphatic heterocycles. The average Bonchev–Trinajstić information content (AvgIpc) is 3.01. The second-order valence-corrected chi connectivity index (χ2v) is 7.02. The first-order valence-corrected chi connectivity index (χ1v) is 9.08. The van der Waals surface area contributed by atoms with Crippen molar-refractivity contribution < 1.29 is 9.59 Å². The van der Waals surface area contributed by atoms with Crippen LogP contribution in [-0.2, 0) is 4.79 Å². The van der Waals surface area contributed by atoms with Crippen molar-refractivity contribution >= 4 is 28.8 Å². The molecule has 1 heterocycles. The summed E-state index contributed by atoms with van der Waals surface area (Å²) in [6.07, 6.45) is 0.957. The van der Waals surface area contributed by atoms with Gasteiger partial charge in [-0.3, -0.25) is 14.9 Å². The van der Waals surface area contributed by atoms with Gasteiger partial charge in [-0.15, -0.1) is 0 Å². The maximum absolute atomic E-state index is 12.4. The van der Waals surface area contributed by atoms with Crippen molar-refractivity contribution in [3.63, 3.8) is 0 Å². The fourth-order valence-electron chi connectivity index (χ4n) is 2.83. The molecule has 6 nitrogen and oxygen atoms in total. The third-order valence-corrected chi connectivity index (χ3v) is 4.24. The summed E-state index contributed by atoms with van der Waals surface area (Å²) in [5, 5.41) is 5.61. The number of nitrogens with one attached hydrogen (secondary N) is 3. The van der Waals surface area contributed by atoms with Crippen LogP contribution < -0.4 is 10.6 Å². The van der Waals surface area contributed by atoms with Gasteiger partial charge in [0.2, 0.25) is 11.9 Å². The predicted octanol–water partition coefficient (Wildman–Crippen LogP) is 3.96. The Morgan fingerprint density at radius 2 is 1.89 bits per heavy atom. The summed E-state index contributed by atoms with van der Waals surface area (Å²) in [5.41, 5.74) is 4.15. The van der Waals surface area contributed by atoms with Crippen LogP contribution >= 0.6 is 0 Å². The average molecular weight is 364 g/mol. The first-order valence-electron chi connectivity index (χ1n) is 9.08. The van der Waals surface area contributed by atoms with Crippen molar-refractivity contribution in [3.05, 3.63) is 48.0 Å². The van der Waals surface area contributed by atoms with Gasteiger partial charge >= 0.3 is 0 Å². The third kappa shape index (κ3) is 4.73.